The van der Waals surface area contributed by atoms with Gasteiger partial charge in [0.15, 0.2) is 0 Å². The summed E-state index contributed by atoms with van der Waals surface area (Å²) in [6, 6.07) is 16.7. The van der Waals surface area contributed by atoms with E-state index in [4.69, 9.17) is 23.2 Å². The van der Waals surface area contributed by atoms with Gasteiger partial charge in [0.25, 0.3) is 5.56 Å². The standard InChI is InChI=1S/C17H12Cl2N2O/c18-14-7-4-8-15(19)13(14)9-12-10-16(20-21-17(12)22)11-5-2-1-3-6-11/h1-8,10H,9H2,(H,21,22). The fourth-order valence-electron chi connectivity index (χ4n) is 2.23. The molecule has 0 aliphatic carbocycles. The minimum absolute atomic E-state index is 0.240. The number of hydrogen-bond donors (Lipinski definition) is 1. The van der Waals surface area contributed by atoms with Crippen LogP contribution in [0.1, 0.15) is 11.1 Å². The smallest absolute Gasteiger partial charge is 0.267 e. The second-order valence-electron chi connectivity index (χ2n) is 4.85. The molecule has 0 atom stereocenters. The summed E-state index contributed by atoms with van der Waals surface area (Å²) in [6.45, 7) is 0. The molecule has 110 valence electrons. The van der Waals surface area contributed by atoms with Crippen LogP contribution in [-0.2, 0) is 6.42 Å². The lowest BCUT2D eigenvalue weighted by atomic mass is 10.0. The number of halogens is 2. The van der Waals surface area contributed by atoms with Gasteiger partial charge in [-0.15, -0.1) is 0 Å². The molecule has 22 heavy (non-hydrogen) atoms. The van der Waals surface area contributed by atoms with Crippen molar-refractivity contribution in [3.63, 3.8) is 0 Å². The number of H-pyrrole nitrogens is 1. The minimum Gasteiger partial charge on any atom is -0.268 e. The average molecular weight is 331 g/mol. The zero-order valence-electron chi connectivity index (χ0n) is 11.5. The van der Waals surface area contributed by atoms with Crippen molar-refractivity contribution in [1.29, 1.82) is 0 Å². The summed E-state index contributed by atoms with van der Waals surface area (Å²) in [4.78, 5) is 12.0. The van der Waals surface area contributed by atoms with Gasteiger partial charge in [-0.25, -0.2) is 5.10 Å². The summed E-state index contributed by atoms with van der Waals surface area (Å²) in [5.74, 6) is 0. The quantitative estimate of drug-likeness (QED) is 0.776. The molecular formula is C17H12Cl2N2O. The number of aromatic nitrogens is 2. The maximum Gasteiger partial charge on any atom is 0.267 e. The molecule has 0 saturated heterocycles. The van der Waals surface area contributed by atoms with E-state index in [1.165, 1.54) is 0 Å². The largest absolute Gasteiger partial charge is 0.268 e. The van der Waals surface area contributed by atoms with Gasteiger partial charge in [-0.3, -0.25) is 4.79 Å². The van der Waals surface area contributed by atoms with E-state index in [0.717, 1.165) is 11.1 Å². The van der Waals surface area contributed by atoms with Crippen molar-refractivity contribution in [2.75, 3.05) is 0 Å². The highest BCUT2D eigenvalue weighted by atomic mass is 35.5. The van der Waals surface area contributed by atoms with Gasteiger partial charge in [0.05, 0.1) is 5.69 Å². The van der Waals surface area contributed by atoms with E-state index in [1.54, 1.807) is 24.3 Å². The van der Waals surface area contributed by atoms with Crippen molar-refractivity contribution < 1.29 is 0 Å². The van der Waals surface area contributed by atoms with Crippen LogP contribution in [0.3, 0.4) is 0 Å². The van der Waals surface area contributed by atoms with Crippen molar-refractivity contribution in [2.24, 2.45) is 0 Å². The highest BCUT2D eigenvalue weighted by molar-refractivity contribution is 6.36. The lowest BCUT2D eigenvalue weighted by molar-refractivity contribution is 0.955. The molecule has 1 N–H and O–H groups in total. The third-order valence-corrected chi connectivity index (χ3v) is 4.09. The summed E-state index contributed by atoms with van der Waals surface area (Å²) in [7, 11) is 0. The van der Waals surface area contributed by atoms with Gasteiger partial charge in [0, 0.05) is 27.6 Å². The lowest BCUT2D eigenvalue weighted by Crippen LogP contribution is -2.15. The SMILES string of the molecule is O=c1[nH]nc(-c2ccccc2)cc1Cc1c(Cl)cccc1Cl. The van der Waals surface area contributed by atoms with Gasteiger partial charge >= 0.3 is 0 Å². The molecule has 3 nitrogen and oxygen atoms in total. The maximum absolute atomic E-state index is 12.0. The molecule has 0 unspecified atom stereocenters. The van der Waals surface area contributed by atoms with Crippen molar-refractivity contribution in [2.45, 2.75) is 6.42 Å². The Morgan fingerprint density at radius 2 is 1.64 bits per heavy atom. The lowest BCUT2D eigenvalue weighted by Gasteiger charge is -2.07. The van der Waals surface area contributed by atoms with Crippen LogP contribution in [0.5, 0.6) is 0 Å². The van der Waals surface area contributed by atoms with E-state index in [0.29, 0.717) is 27.7 Å². The number of hydrogen-bond acceptors (Lipinski definition) is 2. The number of aromatic amines is 1. The molecule has 5 heteroatoms. The van der Waals surface area contributed by atoms with Crippen LogP contribution in [0.4, 0.5) is 0 Å². The predicted molar refractivity (Wildman–Crippen MR) is 89.6 cm³/mol. The zero-order valence-corrected chi connectivity index (χ0v) is 13.0. The molecule has 0 aliphatic heterocycles. The molecule has 0 radical (unpaired) electrons. The van der Waals surface area contributed by atoms with Crippen LogP contribution in [0.15, 0.2) is 59.4 Å². The van der Waals surface area contributed by atoms with E-state index in [1.807, 2.05) is 30.3 Å². The van der Waals surface area contributed by atoms with Crippen LogP contribution in [0, 0.1) is 0 Å². The number of nitrogens with one attached hydrogen (secondary N) is 1. The second-order valence-corrected chi connectivity index (χ2v) is 5.66. The highest BCUT2D eigenvalue weighted by Gasteiger charge is 2.11. The number of rotatable bonds is 3. The maximum atomic E-state index is 12.0. The zero-order chi connectivity index (χ0) is 15.5. The third-order valence-electron chi connectivity index (χ3n) is 3.38. The van der Waals surface area contributed by atoms with Crippen LogP contribution >= 0.6 is 23.2 Å². The Balaban J connectivity index is 2.03. The van der Waals surface area contributed by atoms with E-state index < -0.39 is 0 Å². The Morgan fingerprint density at radius 1 is 0.955 bits per heavy atom. The first kappa shape index (κ1) is 14.8. The first-order valence-electron chi connectivity index (χ1n) is 6.72. The molecule has 3 aromatic rings. The fraction of sp³-hybridized carbons (Fsp3) is 0.0588. The molecule has 0 aliphatic rings. The Hall–Kier alpha value is -2.10. The van der Waals surface area contributed by atoms with Gasteiger partial charge in [0.2, 0.25) is 0 Å². The summed E-state index contributed by atoms with van der Waals surface area (Å²) >= 11 is 12.4. The van der Waals surface area contributed by atoms with Gasteiger partial charge < -0.3 is 0 Å². The van der Waals surface area contributed by atoms with E-state index in [2.05, 4.69) is 10.2 Å². The van der Waals surface area contributed by atoms with Crippen molar-refractivity contribution in [3.05, 3.63) is 86.1 Å². The van der Waals surface area contributed by atoms with Crippen molar-refractivity contribution in [3.8, 4) is 11.3 Å². The third kappa shape index (κ3) is 3.06. The van der Waals surface area contributed by atoms with Crippen LogP contribution in [-0.4, -0.2) is 10.2 Å². The van der Waals surface area contributed by atoms with Crippen molar-refractivity contribution in [1.82, 2.24) is 10.2 Å². The monoisotopic (exact) mass is 330 g/mol. The predicted octanol–water partition coefficient (Wildman–Crippen LogP) is 4.33. The Bertz CT molecular complexity index is 840. The summed E-state index contributed by atoms with van der Waals surface area (Å²) < 4.78 is 0. The van der Waals surface area contributed by atoms with E-state index in [-0.39, 0.29) is 5.56 Å². The normalized spacial score (nSPS) is 10.6. The highest BCUT2D eigenvalue weighted by Crippen LogP contribution is 2.26. The fourth-order valence-corrected chi connectivity index (χ4v) is 2.76. The van der Waals surface area contributed by atoms with Crippen LogP contribution in [0.2, 0.25) is 10.0 Å². The number of benzene rings is 2. The minimum atomic E-state index is -0.240. The molecule has 2 aromatic carbocycles. The molecule has 0 saturated carbocycles. The second kappa shape index (κ2) is 6.34. The average Bonchev–Trinajstić information content (AvgIpc) is 2.53. The molecule has 0 spiro atoms. The van der Waals surface area contributed by atoms with Crippen LogP contribution < -0.4 is 5.56 Å². The van der Waals surface area contributed by atoms with E-state index >= 15 is 0 Å². The first-order valence-corrected chi connectivity index (χ1v) is 7.47. The Labute approximate surface area is 137 Å². The van der Waals surface area contributed by atoms with Gasteiger partial charge in [-0.2, -0.15) is 5.10 Å². The molecule has 0 fully saturated rings. The molecule has 0 bridgehead atoms. The van der Waals surface area contributed by atoms with Gasteiger partial charge in [-0.05, 0) is 23.8 Å². The Morgan fingerprint density at radius 3 is 2.32 bits per heavy atom. The summed E-state index contributed by atoms with van der Waals surface area (Å²) in [5.41, 5.74) is 2.71. The Kier molecular flexibility index (Phi) is 4.27. The molecule has 1 heterocycles. The topological polar surface area (TPSA) is 45.8 Å². The summed E-state index contributed by atoms with van der Waals surface area (Å²) in [6.07, 6.45) is 0.357. The van der Waals surface area contributed by atoms with Gasteiger partial charge in [-0.1, -0.05) is 59.6 Å². The summed E-state index contributed by atoms with van der Waals surface area (Å²) in [5, 5.41) is 7.72. The van der Waals surface area contributed by atoms with E-state index in [9.17, 15) is 4.79 Å². The molecular weight excluding hydrogens is 319 g/mol. The number of nitrogens with zero attached hydrogens (tertiary/aromatic N) is 1. The van der Waals surface area contributed by atoms with Crippen molar-refractivity contribution >= 4 is 23.2 Å². The first-order chi connectivity index (χ1) is 10.6. The van der Waals surface area contributed by atoms with Gasteiger partial charge in [0.1, 0.15) is 0 Å². The molecule has 1 aromatic heterocycles. The molecule has 0 amide bonds. The molecule has 3 rings (SSSR count). The van der Waals surface area contributed by atoms with Crippen LogP contribution in [0.25, 0.3) is 11.3 Å².